The molecule has 2 aromatic carbocycles. The van der Waals surface area contributed by atoms with Gasteiger partial charge in [-0.15, -0.1) is 0 Å². The number of halogens is 1. The largest absolute Gasteiger partial charge is 0.368 e. The van der Waals surface area contributed by atoms with E-state index in [2.05, 4.69) is 21.2 Å². The van der Waals surface area contributed by atoms with Gasteiger partial charge in [0.25, 0.3) is 0 Å². The Morgan fingerprint density at radius 1 is 1.04 bits per heavy atom. The van der Waals surface area contributed by atoms with E-state index in [9.17, 15) is 9.59 Å². The molecule has 0 unspecified atom stereocenters. The maximum Gasteiger partial charge on any atom is 0.246 e. The summed E-state index contributed by atoms with van der Waals surface area (Å²) in [4.78, 5) is 23.5. The second-order valence-corrected chi connectivity index (χ2v) is 6.25. The van der Waals surface area contributed by atoms with E-state index < -0.39 is 11.9 Å². The third kappa shape index (κ3) is 6.14. The molecule has 0 aliphatic rings. The van der Waals surface area contributed by atoms with Crippen molar-refractivity contribution in [3.8, 4) is 0 Å². The van der Waals surface area contributed by atoms with Crippen LogP contribution in [-0.2, 0) is 27.4 Å². The summed E-state index contributed by atoms with van der Waals surface area (Å²) in [5.74, 6) is -0.943. The Labute approximate surface area is 149 Å². The van der Waals surface area contributed by atoms with Gasteiger partial charge in [0.1, 0.15) is 12.6 Å². The minimum atomic E-state index is -0.765. The van der Waals surface area contributed by atoms with E-state index in [-0.39, 0.29) is 12.5 Å². The van der Waals surface area contributed by atoms with Gasteiger partial charge in [-0.2, -0.15) is 0 Å². The van der Waals surface area contributed by atoms with E-state index in [1.54, 1.807) is 0 Å². The molecule has 0 spiro atoms. The van der Waals surface area contributed by atoms with E-state index in [4.69, 9.17) is 10.5 Å². The van der Waals surface area contributed by atoms with Crippen LogP contribution in [0.15, 0.2) is 59.1 Å². The van der Waals surface area contributed by atoms with Crippen LogP contribution >= 0.6 is 15.9 Å². The van der Waals surface area contributed by atoms with E-state index in [1.165, 1.54) is 0 Å². The molecule has 0 radical (unpaired) electrons. The molecule has 0 fully saturated rings. The summed E-state index contributed by atoms with van der Waals surface area (Å²) in [5.41, 5.74) is 7.27. The predicted molar refractivity (Wildman–Crippen MR) is 95.1 cm³/mol. The molecule has 1 atom stereocenters. The first-order valence-corrected chi connectivity index (χ1v) is 8.28. The lowest BCUT2D eigenvalue weighted by Crippen LogP contribution is -2.47. The number of carbonyl (C=O) groups is 2. The van der Waals surface area contributed by atoms with Crippen LogP contribution in [0.25, 0.3) is 0 Å². The second kappa shape index (κ2) is 9.20. The van der Waals surface area contributed by atoms with Gasteiger partial charge in [0, 0.05) is 10.9 Å². The number of hydrogen-bond acceptors (Lipinski definition) is 3. The summed E-state index contributed by atoms with van der Waals surface area (Å²) in [6.07, 6.45) is 0.340. The molecule has 126 valence electrons. The molecule has 6 heteroatoms. The number of benzene rings is 2. The van der Waals surface area contributed by atoms with Crippen LogP contribution in [0, 0.1) is 0 Å². The smallest absolute Gasteiger partial charge is 0.246 e. The summed E-state index contributed by atoms with van der Waals surface area (Å²) in [7, 11) is 0. The molecule has 2 aromatic rings. The minimum Gasteiger partial charge on any atom is -0.368 e. The van der Waals surface area contributed by atoms with E-state index in [1.807, 2.05) is 54.6 Å². The number of rotatable bonds is 8. The monoisotopic (exact) mass is 390 g/mol. The van der Waals surface area contributed by atoms with Crippen LogP contribution < -0.4 is 11.1 Å². The topological polar surface area (TPSA) is 81.4 Å². The molecular weight excluding hydrogens is 372 g/mol. The lowest BCUT2D eigenvalue weighted by Gasteiger charge is -2.16. The van der Waals surface area contributed by atoms with Crippen molar-refractivity contribution in [2.75, 3.05) is 6.61 Å². The Bertz CT molecular complexity index is 674. The first-order valence-electron chi connectivity index (χ1n) is 7.49. The van der Waals surface area contributed by atoms with E-state index >= 15 is 0 Å². The lowest BCUT2D eigenvalue weighted by molar-refractivity contribution is -0.130. The summed E-state index contributed by atoms with van der Waals surface area (Å²) >= 11 is 3.35. The molecule has 0 aromatic heterocycles. The van der Waals surface area contributed by atoms with Crippen molar-refractivity contribution in [3.63, 3.8) is 0 Å². The van der Waals surface area contributed by atoms with Crippen molar-refractivity contribution in [2.24, 2.45) is 5.73 Å². The molecule has 2 rings (SSSR count). The first-order chi connectivity index (χ1) is 11.5. The van der Waals surface area contributed by atoms with Crippen LogP contribution in [-0.4, -0.2) is 24.5 Å². The fourth-order valence-corrected chi connectivity index (χ4v) is 2.42. The number of amides is 2. The van der Waals surface area contributed by atoms with Crippen LogP contribution in [0.5, 0.6) is 0 Å². The Morgan fingerprint density at radius 3 is 2.33 bits per heavy atom. The Morgan fingerprint density at radius 2 is 1.71 bits per heavy atom. The fourth-order valence-electron chi connectivity index (χ4n) is 2.15. The summed E-state index contributed by atoms with van der Waals surface area (Å²) in [5, 5.41) is 2.62. The first kappa shape index (κ1) is 18.2. The number of primary amides is 1. The highest BCUT2D eigenvalue weighted by atomic mass is 79.9. The zero-order chi connectivity index (χ0) is 17.4. The number of carbonyl (C=O) groups excluding carboxylic acids is 2. The number of nitrogens with two attached hydrogens (primary N) is 1. The molecule has 0 bridgehead atoms. The minimum absolute atomic E-state index is 0.126. The van der Waals surface area contributed by atoms with Gasteiger partial charge in [0.2, 0.25) is 11.8 Å². The fraction of sp³-hybridized carbons (Fsp3) is 0.222. The summed E-state index contributed by atoms with van der Waals surface area (Å²) in [6, 6.07) is 16.3. The van der Waals surface area contributed by atoms with Crippen molar-refractivity contribution in [1.29, 1.82) is 0 Å². The Hall–Kier alpha value is -2.18. The van der Waals surface area contributed by atoms with Crippen molar-refractivity contribution in [1.82, 2.24) is 5.32 Å². The Kier molecular flexibility index (Phi) is 6.96. The second-order valence-electron chi connectivity index (χ2n) is 5.33. The predicted octanol–water partition coefficient (Wildman–Crippen LogP) is 2.18. The molecule has 2 amide bonds. The molecule has 5 nitrogen and oxygen atoms in total. The molecule has 0 saturated carbocycles. The van der Waals surface area contributed by atoms with Gasteiger partial charge in [-0.05, 0) is 23.3 Å². The quantitative estimate of drug-likeness (QED) is 0.724. The van der Waals surface area contributed by atoms with Crippen molar-refractivity contribution >= 4 is 27.7 Å². The highest BCUT2D eigenvalue weighted by Gasteiger charge is 2.18. The van der Waals surface area contributed by atoms with Gasteiger partial charge >= 0.3 is 0 Å². The van der Waals surface area contributed by atoms with Crippen LogP contribution in [0.3, 0.4) is 0 Å². The maximum absolute atomic E-state index is 11.9. The molecule has 0 saturated heterocycles. The number of ether oxygens (including phenoxy) is 1. The highest BCUT2D eigenvalue weighted by molar-refractivity contribution is 9.10. The van der Waals surface area contributed by atoms with Crippen LogP contribution in [0.2, 0.25) is 0 Å². The average molecular weight is 391 g/mol. The zero-order valence-corrected chi connectivity index (χ0v) is 14.7. The van der Waals surface area contributed by atoms with Gasteiger partial charge in [-0.1, -0.05) is 58.4 Å². The van der Waals surface area contributed by atoms with Crippen molar-refractivity contribution in [3.05, 3.63) is 70.2 Å². The van der Waals surface area contributed by atoms with Gasteiger partial charge < -0.3 is 15.8 Å². The van der Waals surface area contributed by atoms with Crippen molar-refractivity contribution < 1.29 is 14.3 Å². The molecule has 0 aliphatic carbocycles. The standard InChI is InChI=1S/C18H19BrN2O3/c19-15-8-6-13(7-9-15)10-16(18(20)23)21-17(22)12-24-11-14-4-2-1-3-5-14/h1-9,16H,10-12H2,(H2,20,23)(H,21,22)/t16-/m0/s1. The SMILES string of the molecule is NC(=O)[C@H](Cc1ccc(Br)cc1)NC(=O)COCc1ccccc1. The average Bonchev–Trinajstić information content (AvgIpc) is 2.57. The zero-order valence-electron chi connectivity index (χ0n) is 13.1. The third-order valence-electron chi connectivity index (χ3n) is 3.38. The van der Waals surface area contributed by atoms with Crippen LogP contribution in [0.4, 0.5) is 0 Å². The van der Waals surface area contributed by atoms with Gasteiger partial charge in [-0.3, -0.25) is 9.59 Å². The van der Waals surface area contributed by atoms with Gasteiger partial charge in [0.05, 0.1) is 6.61 Å². The summed E-state index contributed by atoms with van der Waals surface area (Å²) in [6.45, 7) is 0.210. The molecule has 0 heterocycles. The lowest BCUT2D eigenvalue weighted by atomic mass is 10.1. The third-order valence-corrected chi connectivity index (χ3v) is 3.91. The van der Waals surface area contributed by atoms with E-state index in [0.29, 0.717) is 13.0 Å². The Balaban J connectivity index is 1.82. The molecule has 3 N–H and O–H groups in total. The molecule has 24 heavy (non-hydrogen) atoms. The van der Waals surface area contributed by atoms with Crippen molar-refractivity contribution in [2.45, 2.75) is 19.1 Å². The maximum atomic E-state index is 11.9. The summed E-state index contributed by atoms with van der Waals surface area (Å²) < 4.78 is 6.30. The number of hydrogen-bond donors (Lipinski definition) is 2. The normalized spacial score (nSPS) is 11.7. The van der Waals surface area contributed by atoms with E-state index in [0.717, 1.165) is 15.6 Å². The molecular formula is C18H19BrN2O3. The van der Waals surface area contributed by atoms with Gasteiger partial charge in [-0.25, -0.2) is 0 Å². The highest BCUT2D eigenvalue weighted by Crippen LogP contribution is 2.12. The molecule has 0 aliphatic heterocycles. The number of nitrogens with one attached hydrogen (secondary N) is 1. The van der Waals surface area contributed by atoms with Gasteiger partial charge in [0.15, 0.2) is 0 Å². The van der Waals surface area contributed by atoms with Crippen LogP contribution in [0.1, 0.15) is 11.1 Å².